The molecule has 0 N–H and O–H groups in total. The molecule has 0 aliphatic carbocycles. The van der Waals surface area contributed by atoms with Crippen molar-refractivity contribution in [1.82, 2.24) is 4.57 Å². The molecule has 3 heteroatoms. The van der Waals surface area contributed by atoms with Crippen LogP contribution in [0.5, 0.6) is 0 Å². The number of nitrogens with zero attached hydrogens (tertiary/aromatic N) is 1. The lowest BCUT2D eigenvalue weighted by molar-refractivity contribution is 0.304. The SMILES string of the molecule is CC(C)N(C(C)C)[Si](C)(Cl)c1ccccc1. The first-order valence-corrected chi connectivity index (χ1v) is 9.36. The van der Waals surface area contributed by atoms with E-state index in [2.05, 4.69) is 63.1 Å². The fraction of sp³-hybridized carbons (Fsp3) is 0.538. The average molecular weight is 256 g/mol. The molecule has 1 aromatic carbocycles. The molecule has 0 bridgehead atoms. The quantitative estimate of drug-likeness (QED) is 0.589. The Morgan fingerprint density at radius 1 is 1.00 bits per heavy atom. The van der Waals surface area contributed by atoms with E-state index in [0.29, 0.717) is 12.1 Å². The van der Waals surface area contributed by atoms with Crippen molar-refractivity contribution in [2.75, 3.05) is 0 Å². The van der Waals surface area contributed by atoms with Gasteiger partial charge in [-0.25, -0.2) is 0 Å². The molecule has 1 aromatic rings. The van der Waals surface area contributed by atoms with Crippen LogP contribution in [0.25, 0.3) is 0 Å². The standard InChI is InChI=1S/C13H22ClNSi/c1-11(2)15(12(3)4)16(5,14)13-9-7-6-8-10-13/h6-12H,1-5H3. The number of benzene rings is 1. The monoisotopic (exact) mass is 255 g/mol. The minimum Gasteiger partial charge on any atom is -0.304 e. The molecule has 1 nitrogen and oxygen atoms in total. The van der Waals surface area contributed by atoms with Crippen LogP contribution in [0.15, 0.2) is 30.3 Å². The maximum absolute atomic E-state index is 6.88. The predicted molar refractivity (Wildman–Crippen MR) is 75.7 cm³/mol. The normalized spacial score (nSPS) is 15.8. The van der Waals surface area contributed by atoms with E-state index < -0.39 is 7.55 Å². The zero-order valence-electron chi connectivity index (χ0n) is 10.9. The molecule has 0 spiro atoms. The lowest BCUT2D eigenvalue weighted by Crippen LogP contribution is -2.61. The molecule has 0 aliphatic heterocycles. The Morgan fingerprint density at radius 3 is 1.81 bits per heavy atom. The first kappa shape index (κ1) is 13.8. The van der Waals surface area contributed by atoms with Crippen LogP contribution < -0.4 is 5.19 Å². The Kier molecular flexibility index (Phi) is 4.59. The van der Waals surface area contributed by atoms with Crippen LogP contribution in [0.4, 0.5) is 0 Å². The zero-order valence-corrected chi connectivity index (χ0v) is 12.6. The van der Waals surface area contributed by atoms with E-state index in [4.69, 9.17) is 11.1 Å². The summed E-state index contributed by atoms with van der Waals surface area (Å²) in [6, 6.07) is 11.4. The Balaban J connectivity index is 3.08. The van der Waals surface area contributed by atoms with Gasteiger partial charge >= 0.3 is 0 Å². The Labute approximate surface area is 105 Å². The molecule has 0 saturated heterocycles. The number of hydrogen-bond donors (Lipinski definition) is 0. The van der Waals surface area contributed by atoms with E-state index in [0.717, 1.165) is 0 Å². The van der Waals surface area contributed by atoms with Gasteiger partial charge in [-0.2, -0.15) is 0 Å². The van der Waals surface area contributed by atoms with E-state index in [-0.39, 0.29) is 0 Å². The molecule has 0 radical (unpaired) electrons. The topological polar surface area (TPSA) is 3.24 Å². The van der Waals surface area contributed by atoms with Crippen molar-refractivity contribution in [2.45, 2.75) is 46.3 Å². The van der Waals surface area contributed by atoms with E-state index in [1.807, 2.05) is 6.07 Å². The molecule has 0 aliphatic rings. The second-order valence-electron chi connectivity index (χ2n) is 4.91. The van der Waals surface area contributed by atoms with Gasteiger partial charge in [0, 0.05) is 0 Å². The van der Waals surface area contributed by atoms with Gasteiger partial charge in [0.25, 0.3) is 7.55 Å². The molecular weight excluding hydrogens is 234 g/mol. The third-order valence-corrected chi connectivity index (χ3v) is 7.53. The van der Waals surface area contributed by atoms with Crippen molar-refractivity contribution in [3.63, 3.8) is 0 Å². The first-order valence-electron chi connectivity index (χ1n) is 5.90. The Hall–Kier alpha value is -0.313. The molecular formula is C13H22ClNSi. The van der Waals surface area contributed by atoms with Crippen LogP contribution in [0, 0.1) is 0 Å². The van der Waals surface area contributed by atoms with Gasteiger partial charge in [-0.05, 0) is 23.8 Å². The highest BCUT2D eigenvalue weighted by Crippen LogP contribution is 2.21. The van der Waals surface area contributed by atoms with E-state index in [1.54, 1.807) is 0 Å². The third-order valence-electron chi connectivity index (χ3n) is 2.90. The smallest absolute Gasteiger partial charge is 0.257 e. The second-order valence-corrected chi connectivity index (χ2v) is 10.1. The van der Waals surface area contributed by atoms with Crippen LogP contribution in [-0.2, 0) is 0 Å². The van der Waals surface area contributed by atoms with Crippen molar-refractivity contribution < 1.29 is 0 Å². The van der Waals surface area contributed by atoms with Crippen molar-refractivity contribution in [1.29, 1.82) is 0 Å². The molecule has 1 unspecified atom stereocenters. The largest absolute Gasteiger partial charge is 0.304 e. The summed E-state index contributed by atoms with van der Waals surface area (Å²) in [7, 11) is -2.03. The number of rotatable bonds is 4. The van der Waals surface area contributed by atoms with Gasteiger partial charge in [-0.1, -0.05) is 58.0 Å². The van der Waals surface area contributed by atoms with Crippen molar-refractivity contribution in [2.24, 2.45) is 0 Å². The van der Waals surface area contributed by atoms with Gasteiger partial charge < -0.3 is 4.57 Å². The highest BCUT2D eigenvalue weighted by Gasteiger charge is 2.38. The summed E-state index contributed by atoms with van der Waals surface area (Å²) in [5, 5.41) is 1.29. The van der Waals surface area contributed by atoms with Crippen LogP contribution in [0.2, 0.25) is 6.55 Å². The molecule has 1 rings (SSSR count). The fourth-order valence-corrected chi connectivity index (χ4v) is 7.05. The Morgan fingerprint density at radius 2 is 1.44 bits per heavy atom. The highest BCUT2D eigenvalue weighted by atomic mass is 35.6. The van der Waals surface area contributed by atoms with Gasteiger partial charge in [-0.15, -0.1) is 11.1 Å². The van der Waals surface area contributed by atoms with Crippen LogP contribution >= 0.6 is 11.1 Å². The van der Waals surface area contributed by atoms with E-state index in [9.17, 15) is 0 Å². The summed E-state index contributed by atoms with van der Waals surface area (Å²) in [6.45, 7) is 11.1. The number of hydrogen-bond acceptors (Lipinski definition) is 1. The van der Waals surface area contributed by atoms with Crippen molar-refractivity contribution >= 4 is 23.8 Å². The van der Waals surface area contributed by atoms with Gasteiger partial charge in [0.2, 0.25) is 0 Å². The van der Waals surface area contributed by atoms with Crippen molar-refractivity contribution in [3.05, 3.63) is 30.3 Å². The molecule has 90 valence electrons. The zero-order chi connectivity index (χ0) is 12.3. The van der Waals surface area contributed by atoms with Gasteiger partial charge in [0.1, 0.15) is 0 Å². The maximum Gasteiger partial charge on any atom is 0.257 e. The summed E-state index contributed by atoms with van der Waals surface area (Å²) in [4.78, 5) is 0. The molecule has 1 atom stereocenters. The molecule has 0 fully saturated rings. The van der Waals surface area contributed by atoms with Crippen LogP contribution in [-0.4, -0.2) is 24.2 Å². The second kappa shape index (κ2) is 5.35. The minimum absolute atomic E-state index is 0.481. The first-order chi connectivity index (χ1) is 7.37. The lowest BCUT2D eigenvalue weighted by Gasteiger charge is -2.41. The molecule has 16 heavy (non-hydrogen) atoms. The fourth-order valence-electron chi connectivity index (χ4n) is 2.46. The number of halogens is 1. The predicted octanol–water partition coefficient (Wildman–Crippen LogP) is 3.32. The third kappa shape index (κ3) is 2.87. The molecule has 0 saturated carbocycles. The summed E-state index contributed by atoms with van der Waals surface area (Å²) in [6.07, 6.45) is 0. The van der Waals surface area contributed by atoms with Gasteiger partial charge in [0.05, 0.1) is 0 Å². The lowest BCUT2D eigenvalue weighted by atomic mass is 10.3. The highest BCUT2D eigenvalue weighted by molar-refractivity contribution is 7.25. The van der Waals surface area contributed by atoms with Crippen molar-refractivity contribution in [3.8, 4) is 0 Å². The van der Waals surface area contributed by atoms with Crippen LogP contribution in [0.1, 0.15) is 27.7 Å². The van der Waals surface area contributed by atoms with E-state index in [1.165, 1.54) is 5.19 Å². The summed E-state index contributed by atoms with van der Waals surface area (Å²) in [5.41, 5.74) is 0. The summed E-state index contributed by atoms with van der Waals surface area (Å²) in [5.74, 6) is 0. The molecule has 0 heterocycles. The maximum atomic E-state index is 6.88. The summed E-state index contributed by atoms with van der Waals surface area (Å²) >= 11 is 6.88. The van der Waals surface area contributed by atoms with Gasteiger partial charge in [0.15, 0.2) is 0 Å². The minimum atomic E-state index is -2.03. The average Bonchev–Trinajstić information content (AvgIpc) is 2.17. The summed E-state index contributed by atoms with van der Waals surface area (Å²) < 4.78 is 2.46. The van der Waals surface area contributed by atoms with E-state index >= 15 is 0 Å². The van der Waals surface area contributed by atoms with Crippen LogP contribution in [0.3, 0.4) is 0 Å². The molecule has 0 aromatic heterocycles. The Bertz CT molecular complexity index is 314. The molecule has 0 amide bonds. The van der Waals surface area contributed by atoms with Gasteiger partial charge in [-0.3, -0.25) is 0 Å².